The number of carbonyl (C=O) groups is 1. The first-order valence-electron chi connectivity index (χ1n) is 3.83. The Bertz CT molecular complexity index is 116. The molecule has 1 aliphatic carbocycles. The molecule has 0 radical (unpaired) electrons. The first kappa shape index (κ1) is 7.73. The minimum atomic E-state index is 0.257. The van der Waals surface area contributed by atoms with E-state index in [9.17, 15) is 4.79 Å². The molecule has 0 saturated heterocycles. The summed E-state index contributed by atoms with van der Waals surface area (Å²) in [5.41, 5.74) is 0. The zero-order valence-corrected chi connectivity index (χ0v) is 6.43. The molecule has 0 atom stereocenters. The molecule has 0 aromatic carbocycles. The van der Waals surface area contributed by atoms with Gasteiger partial charge in [0.25, 0.3) is 0 Å². The summed E-state index contributed by atoms with van der Waals surface area (Å²) in [5, 5.41) is 0. The van der Waals surface area contributed by atoms with Gasteiger partial charge in [0.2, 0.25) is 0 Å². The number of hydrogen-bond acceptors (Lipinski definition) is 2. The molecule has 0 aromatic rings. The van der Waals surface area contributed by atoms with E-state index in [0.717, 1.165) is 6.42 Å². The second-order valence-corrected chi connectivity index (χ2v) is 2.97. The Hall–Kier alpha value is -0.370. The Kier molecular flexibility index (Phi) is 2.87. The molecule has 1 saturated carbocycles. The lowest BCUT2D eigenvalue weighted by Crippen LogP contribution is -2.18. The summed E-state index contributed by atoms with van der Waals surface area (Å²) in [4.78, 5) is 10.9. The molecule has 0 amide bonds. The second kappa shape index (κ2) is 3.71. The number of Topliss-reactive ketones (excluding diaryl/α,β-unsaturated/α-hetero) is 1. The standard InChI is InChI=1S/C8H14O2/c1-10-6-8(9)5-7-3-2-4-7/h7H,2-6H2,1H3. The molecule has 10 heavy (non-hydrogen) atoms. The summed E-state index contributed by atoms with van der Waals surface area (Å²) in [6.45, 7) is 0.302. The summed E-state index contributed by atoms with van der Waals surface area (Å²) in [6, 6.07) is 0. The van der Waals surface area contributed by atoms with E-state index in [1.807, 2.05) is 0 Å². The molecular formula is C8H14O2. The van der Waals surface area contributed by atoms with Crippen LogP contribution < -0.4 is 0 Å². The first-order chi connectivity index (χ1) is 4.83. The highest BCUT2D eigenvalue weighted by atomic mass is 16.5. The maximum atomic E-state index is 10.9. The van der Waals surface area contributed by atoms with E-state index in [2.05, 4.69) is 0 Å². The SMILES string of the molecule is COCC(=O)CC1CCC1. The maximum absolute atomic E-state index is 10.9. The molecule has 2 nitrogen and oxygen atoms in total. The quantitative estimate of drug-likeness (QED) is 0.593. The predicted molar refractivity (Wildman–Crippen MR) is 38.8 cm³/mol. The Morgan fingerprint density at radius 2 is 2.30 bits per heavy atom. The highest BCUT2D eigenvalue weighted by Gasteiger charge is 2.19. The number of ether oxygens (including phenoxy) is 1. The molecule has 0 unspecified atom stereocenters. The van der Waals surface area contributed by atoms with Gasteiger partial charge in [-0.3, -0.25) is 4.79 Å². The van der Waals surface area contributed by atoms with E-state index in [-0.39, 0.29) is 5.78 Å². The van der Waals surface area contributed by atoms with Gasteiger partial charge in [-0.2, -0.15) is 0 Å². The van der Waals surface area contributed by atoms with Crippen LogP contribution in [0.5, 0.6) is 0 Å². The monoisotopic (exact) mass is 142 g/mol. The molecule has 0 aromatic heterocycles. The summed E-state index contributed by atoms with van der Waals surface area (Å²) >= 11 is 0. The second-order valence-electron chi connectivity index (χ2n) is 2.97. The number of methoxy groups -OCH3 is 1. The lowest BCUT2D eigenvalue weighted by atomic mass is 9.82. The lowest BCUT2D eigenvalue weighted by Gasteiger charge is -2.24. The van der Waals surface area contributed by atoms with Gasteiger partial charge in [-0.1, -0.05) is 19.3 Å². The van der Waals surface area contributed by atoms with E-state index in [0.29, 0.717) is 12.5 Å². The molecule has 1 fully saturated rings. The summed E-state index contributed by atoms with van der Waals surface area (Å²) in [7, 11) is 1.57. The van der Waals surface area contributed by atoms with Crippen LogP contribution in [0.2, 0.25) is 0 Å². The normalized spacial score (nSPS) is 18.5. The first-order valence-corrected chi connectivity index (χ1v) is 3.83. The van der Waals surface area contributed by atoms with Crippen LogP contribution in [-0.4, -0.2) is 19.5 Å². The third kappa shape index (κ3) is 2.10. The average Bonchev–Trinajstić information content (AvgIpc) is 1.80. The number of hydrogen-bond donors (Lipinski definition) is 0. The van der Waals surface area contributed by atoms with Crippen LogP contribution in [0.3, 0.4) is 0 Å². The van der Waals surface area contributed by atoms with Crippen molar-refractivity contribution in [1.82, 2.24) is 0 Å². The van der Waals surface area contributed by atoms with Gasteiger partial charge in [0.15, 0.2) is 5.78 Å². The third-order valence-electron chi connectivity index (χ3n) is 2.05. The fourth-order valence-corrected chi connectivity index (χ4v) is 1.24. The van der Waals surface area contributed by atoms with E-state index >= 15 is 0 Å². The smallest absolute Gasteiger partial charge is 0.158 e. The van der Waals surface area contributed by atoms with Crippen LogP contribution in [0.1, 0.15) is 25.7 Å². The zero-order chi connectivity index (χ0) is 7.40. The van der Waals surface area contributed by atoms with Crippen molar-refractivity contribution in [3.63, 3.8) is 0 Å². The molecule has 2 heteroatoms. The fraction of sp³-hybridized carbons (Fsp3) is 0.875. The summed E-state index contributed by atoms with van der Waals surface area (Å²) in [6.07, 6.45) is 4.55. The Labute approximate surface area is 61.6 Å². The minimum Gasteiger partial charge on any atom is -0.377 e. The third-order valence-corrected chi connectivity index (χ3v) is 2.05. The zero-order valence-electron chi connectivity index (χ0n) is 6.43. The van der Waals surface area contributed by atoms with Crippen LogP contribution >= 0.6 is 0 Å². The number of carbonyl (C=O) groups excluding carboxylic acids is 1. The van der Waals surface area contributed by atoms with Gasteiger partial charge >= 0.3 is 0 Å². The molecule has 0 bridgehead atoms. The molecule has 0 N–H and O–H groups in total. The molecule has 1 rings (SSSR count). The van der Waals surface area contributed by atoms with Crippen molar-refractivity contribution in [2.45, 2.75) is 25.7 Å². The van der Waals surface area contributed by atoms with E-state index in [1.54, 1.807) is 7.11 Å². The van der Waals surface area contributed by atoms with Crippen molar-refractivity contribution in [1.29, 1.82) is 0 Å². The number of ketones is 1. The van der Waals surface area contributed by atoms with Crippen molar-refractivity contribution < 1.29 is 9.53 Å². The fourth-order valence-electron chi connectivity index (χ4n) is 1.24. The minimum absolute atomic E-state index is 0.257. The van der Waals surface area contributed by atoms with Crippen molar-refractivity contribution in [2.24, 2.45) is 5.92 Å². The van der Waals surface area contributed by atoms with Crippen LogP contribution in [0, 0.1) is 5.92 Å². The van der Waals surface area contributed by atoms with Gasteiger partial charge in [-0.05, 0) is 5.92 Å². The van der Waals surface area contributed by atoms with Gasteiger partial charge < -0.3 is 4.74 Å². The van der Waals surface area contributed by atoms with Crippen molar-refractivity contribution in [3.8, 4) is 0 Å². The molecule has 0 spiro atoms. The highest BCUT2D eigenvalue weighted by Crippen LogP contribution is 2.29. The van der Waals surface area contributed by atoms with Crippen molar-refractivity contribution >= 4 is 5.78 Å². The topological polar surface area (TPSA) is 26.3 Å². The Morgan fingerprint density at radius 1 is 1.60 bits per heavy atom. The average molecular weight is 142 g/mol. The van der Waals surface area contributed by atoms with Gasteiger partial charge in [0, 0.05) is 13.5 Å². The van der Waals surface area contributed by atoms with Crippen LogP contribution in [0.15, 0.2) is 0 Å². The van der Waals surface area contributed by atoms with Crippen molar-refractivity contribution in [3.05, 3.63) is 0 Å². The Balaban J connectivity index is 2.05. The predicted octanol–water partition coefficient (Wildman–Crippen LogP) is 1.39. The summed E-state index contributed by atoms with van der Waals surface area (Å²) in [5.74, 6) is 0.940. The molecule has 0 aliphatic heterocycles. The maximum Gasteiger partial charge on any atom is 0.158 e. The largest absolute Gasteiger partial charge is 0.377 e. The van der Waals surface area contributed by atoms with Gasteiger partial charge in [-0.25, -0.2) is 0 Å². The molecule has 0 heterocycles. The van der Waals surface area contributed by atoms with Gasteiger partial charge in [0.05, 0.1) is 0 Å². The van der Waals surface area contributed by atoms with E-state index in [1.165, 1.54) is 19.3 Å². The van der Waals surface area contributed by atoms with Crippen LogP contribution in [0.4, 0.5) is 0 Å². The van der Waals surface area contributed by atoms with Gasteiger partial charge in [0.1, 0.15) is 6.61 Å². The van der Waals surface area contributed by atoms with Gasteiger partial charge in [-0.15, -0.1) is 0 Å². The van der Waals surface area contributed by atoms with Crippen molar-refractivity contribution in [2.75, 3.05) is 13.7 Å². The van der Waals surface area contributed by atoms with E-state index in [4.69, 9.17) is 4.74 Å². The lowest BCUT2D eigenvalue weighted by molar-refractivity contribution is -0.124. The molecule has 58 valence electrons. The Morgan fingerprint density at radius 3 is 2.70 bits per heavy atom. The summed E-state index contributed by atoms with van der Waals surface area (Å²) < 4.78 is 4.72. The van der Waals surface area contributed by atoms with Crippen LogP contribution in [0.25, 0.3) is 0 Å². The molecular weight excluding hydrogens is 128 g/mol. The molecule has 1 aliphatic rings. The van der Waals surface area contributed by atoms with E-state index < -0.39 is 0 Å². The number of rotatable bonds is 4. The van der Waals surface area contributed by atoms with Crippen LogP contribution in [-0.2, 0) is 9.53 Å². The highest BCUT2D eigenvalue weighted by molar-refractivity contribution is 5.79.